The largest absolute Gasteiger partial charge is 0.480 e. The standard InChI is InChI=1S/C22H31N5O6S/c1-12(22(32)33)25-20(30)17(7-8-34-2)26-21(31)18(27-19(29)15(23)11-28)9-13-10-24-16-6-4-3-5-14(13)16/h3-6,10,12,15,17-18,24,28H,7-9,11,23H2,1-2H3,(H,25,30)(H,26,31)(H,27,29)(H,32,33). The Hall–Kier alpha value is -3.09. The number of hydrogen-bond acceptors (Lipinski definition) is 7. The monoisotopic (exact) mass is 493 g/mol. The summed E-state index contributed by atoms with van der Waals surface area (Å²) in [6.45, 7) is 0.725. The number of para-hydroxylation sites is 1. The number of nitrogens with two attached hydrogens (primary N) is 1. The van der Waals surface area contributed by atoms with Crippen LogP contribution in [0.3, 0.4) is 0 Å². The molecular weight excluding hydrogens is 462 g/mol. The molecule has 0 saturated carbocycles. The minimum atomic E-state index is -1.22. The van der Waals surface area contributed by atoms with Gasteiger partial charge >= 0.3 is 5.97 Å². The topological polar surface area (TPSA) is 187 Å². The zero-order valence-corrected chi connectivity index (χ0v) is 19.9. The predicted molar refractivity (Wildman–Crippen MR) is 129 cm³/mol. The maximum atomic E-state index is 13.2. The smallest absolute Gasteiger partial charge is 0.325 e. The first-order valence-electron chi connectivity index (χ1n) is 10.7. The van der Waals surface area contributed by atoms with Gasteiger partial charge in [-0.25, -0.2) is 0 Å². The first-order valence-corrected chi connectivity index (χ1v) is 12.1. The molecule has 0 aliphatic heterocycles. The molecule has 1 aromatic heterocycles. The number of aliphatic hydroxyl groups is 1. The van der Waals surface area contributed by atoms with E-state index in [1.807, 2.05) is 30.5 Å². The van der Waals surface area contributed by atoms with Crippen LogP contribution in [0.1, 0.15) is 18.9 Å². The van der Waals surface area contributed by atoms with Gasteiger partial charge in [0.05, 0.1) is 6.61 Å². The molecule has 3 amide bonds. The lowest BCUT2D eigenvalue weighted by molar-refractivity contribution is -0.141. The number of thioether (sulfide) groups is 1. The number of carboxylic acid groups (broad SMARTS) is 1. The van der Waals surface area contributed by atoms with Crippen LogP contribution in [0, 0.1) is 0 Å². The quantitative estimate of drug-likeness (QED) is 0.192. The van der Waals surface area contributed by atoms with Gasteiger partial charge in [-0.05, 0) is 37.0 Å². The average molecular weight is 494 g/mol. The molecule has 0 saturated heterocycles. The number of carbonyl (C=O) groups excluding carboxylic acids is 3. The van der Waals surface area contributed by atoms with Crippen LogP contribution in [-0.4, -0.2) is 81.7 Å². The van der Waals surface area contributed by atoms with E-state index >= 15 is 0 Å². The van der Waals surface area contributed by atoms with Crippen LogP contribution in [0.4, 0.5) is 0 Å². The fourth-order valence-corrected chi connectivity index (χ4v) is 3.72. The fourth-order valence-electron chi connectivity index (χ4n) is 3.24. The Morgan fingerprint density at radius 1 is 1.06 bits per heavy atom. The minimum Gasteiger partial charge on any atom is -0.480 e. The van der Waals surface area contributed by atoms with Crippen molar-refractivity contribution in [2.24, 2.45) is 5.73 Å². The molecule has 1 aromatic carbocycles. The fraction of sp³-hybridized carbons (Fsp3) is 0.455. The third-order valence-electron chi connectivity index (χ3n) is 5.24. The van der Waals surface area contributed by atoms with Crippen LogP contribution >= 0.6 is 11.8 Å². The van der Waals surface area contributed by atoms with E-state index in [1.165, 1.54) is 18.7 Å². The Kier molecular flexibility index (Phi) is 10.4. The Labute approximate surface area is 201 Å². The highest BCUT2D eigenvalue weighted by atomic mass is 32.2. The van der Waals surface area contributed by atoms with Crippen molar-refractivity contribution in [2.45, 2.75) is 43.9 Å². The molecule has 0 fully saturated rings. The number of fused-ring (bicyclic) bond motifs is 1. The molecule has 1 heterocycles. The molecule has 0 bridgehead atoms. The summed E-state index contributed by atoms with van der Waals surface area (Å²) in [6.07, 6.45) is 3.93. The third kappa shape index (κ3) is 7.47. The van der Waals surface area contributed by atoms with E-state index in [-0.39, 0.29) is 12.8 Å². The second-order valence-electron chi connectivity index (χ2n) is 7.83. The molecule has 0 aliphatic carbocycles. The van der Waals surface area contributed by atoms with E-state index in [2.05, 4.69) is 20.9 Å². The predicted octanol–water partition coefficient (Wildman–Crippen LogP) is -0.658. The molecule has 0 radical (unpaired) electrons. The molecule has 2 rings (SSSR count). The first-order chi connectivity index (χ1) is 16.2. The second-order valence-corrected chi connectivity index (χ2v) is 8.81. The normalized spacial score (nSPS) is 14.6. The van der Waals surface area contributed by atoms with E-state index in [0.29, 0.717) is 5.75 Å². The average Bonchev–Trinajstić information content (AvgIpc) is 3.23. The van der Waals surface area contributed by atoms with Gasteiger partial charge in [-0.3, -0.25) is 19.2 Å². The summed E-state index contributed by atoms with van der Waals surface area (Å²) in [5.74, 6) is -2.65. The van der Waals surface area contributed by atoms with Crippen LogP contribution in [-0.2, 0) is 25.6 Å². The lowest BCUT2D eigenvalue weighted by atomic mass is 10.0. The first kappa shape index (κ1) is 27.2. The van der Waals surface area contributed by atoms with Gasteiger partial charge in [0.15, 0.2) is 0 Å². The maximum Gasteiger partial charge on any atom is 0.325 e. The Morgan fingerprint density at radius 2 is 1.71 bits per heavy atom. The van der Waals surface area contributed by atoms with Crippen molar-refractivity contribution in [1.29, 1.82) is 0 Å². The van der Waals surface area contributed by atoms with Crippen molar-refractivity contribution < 1.29 is 29.4 Å². The molecule has 0 spiro atoms. The second kappa shape index (κ2) is 13.0. The van der Waals surface area contributed by atoms with Crippen molar-refractivity contribution in [3.05, 3.63) is 36.0 Å². The number of nitrogens with one attached hydrogen (secondary N) is 4. The highest BCUT2D eigenvalue weighted by molar-refractivity contribution is 7.98. The van der Waals surface area contributed by atoms with Gasteiger partial charge in [-0.1, -0.05) is 18.2 Å². The van der Waals surface area contributed by atoms with Crippen molar-refractivity contribution in [1.82, 2.24) is 20.9 Å². The van der Waals surface area contributed by atoms with Gasteiger partial charge in [0.1, 0.15) is 24.2 Å². The van der Waals surface area contributed by atoms with Gasteiger partial charge in [-0.15, -0.1) is 0 Å². The summed E-state index contributed by atoms with van der Waals surface area (Å²) < 4.78 is 0. The molecule has 8 N–H and O–H groups in total. The number of carboxylic acids is 1. The number of aliphatic carboxylic acids is 1. The summed E-state index contributed by atoms with van der Waals surface area (Å²) in [6, 6.07) is 3.01. The van der Waals surface area contributed by atoms with E-state index in [0.717, 1.165) is 16.5 Å². The van der Waals surface area contributed by atoms with Crippen molar-refractivity contribution in [2.75, 3.05) is 18.6 Å². The summed E-state index contributed by atoms with van der Waals surface area (Å²) in [5, 5.41) is 26.7. The summed E-state index contributed by atoms with van der Waals surface area (Å²) in [7, 11) is 0. The number of amides is 3. The van der Waals surface area contributed by atoms with Gasteiger partial charge < -0.3 is 36.9 Å². The summed E-state index contributed by atoms with van der Waals surface area (Å²) >= 11 is 1.46. The third-order valence-corrected chi connectivity index (χ3v) is 5.88. The number of hydrogen-bond donors (Lipinski definition) is 7. The molecule has 11 nitrogen and oxygen atoms in total. The number of benzene rings is 1. The number of aromatic amines is 1. The number of H-pyrrole nitrogens is 1. The Balaban J connectivity index is 2.25. The SMILES string of the molecule is CSCCC(NC(=O)C(Cc1c[nH]c2ccccc12)NC(=O)C(N)CO)C(=O)NC(C)C(=O)O. The number of aliphatic hydroxyl groups excluding tert-OH is 1. The lowest BCUT2D eigenvalue weighted by Crippen LogP contribution is -2.57. The molecule has 2 aromatic rings. The highest BCUT2D eigenvalue weighted by Crippen LogP contribution is 2.19. The highest BCUT2D eigenvalue weighted by Gasteiger charge is 2.29. The van der Waals surface area contributed by atoms with Crippen LogP contribution < -0.4 is 21.7 Å². The number of carbonyl (C=O) groups is 4. The maximum absolute atomic E-state index is 13.2. The van der Waals surface area contributed by atoms with E-state index in [9.17, 15) is 24.3 Å². The van der Waals surface area contributed by atoms with Crippen LogP contribution in [0.25, 0.3) is 10.9 Å². The van der Waals surface area contributed by atoms with Crippen molar-refractivity contribution in [3.8, 4) is 0 Å². The number of rotatable bonds is 13. The molecular formula is C22H31N5O6S. The minimum absolute atomic E-state index is 0.0993. The van der Waals surface area contributed by atoms with E-state index in [4.69, 9.17) is 10.8 Å². The van der Waals surface area contributed by atoms with Crippen molar-refractivity contribution >= 4 is 46.4 Å². The van der Waals surface area contributed by atoms with Crippen LogP contribution in [0.5, 0.6) is 0 Å². The van der Waals surface area contributed by atoms with E-state index < -0.39 is 54.5 Å². The van der Waals surface area contributed by atoms with Gasteiger partial charge in [0.25, 0.3) is 0 Å². The molecule has 0 aliphatic rings. The zero-order chi connectivity index (χ0) is 25.3. The lowest BCUT2D eigenvalue weighted by Gasteiger charge is -2.24. The molecule has 4 unspecified atom stereocenters. The molecule has 4 atom stereocenters. The van der Waals surface area contributed by atoms with E-state index in [1.54, 1.807) is 6.20 Å². The number of aromatic nitrogens is 1. The summed E-state index contributed by atoms with van der Waals surface area (Å²) in [5.41, 5.74) is 7.22. The molecule has 12 heteroatoms. The zero-order valence-electron chi connectivity index (χ0n) is 19.0. The van der Waals surface area contributed by atoms with Crippen LogP contribution in [0.15, 0.2) is 30.5 Å². The Morgan fingerprint density at radius 3 is 2.35 bits per heavy atom. The van der Waals surface area contributed by atoms with Gasteiger partial charge in [-0.2, -0.15) is 11.8 Å². The molecule has 34 heavy (non-hydrogen) atoms. The van der Waals surface area contributed by atoms with Crippen molar-refractivity contribution in [3.63, 3.8) is 0 Å². The van der Waals surface area contributed by atoms with Gasteiger partial charge in [0.2, 0.25) is 17.7 Å². The van der Waals surface area contributed by atoms with Crippen LogP contribution in [0.2, 0.25) is 0 Å². The van der Waals surface area contributed by atoms with Gasteiger partial charge in [0, 0.05) is 23.5 Å². The molecule has 186 valence electrons. The Bertz CT molecular complexity index is 1010. The summed E-state index contributed by atoms with van der Waals surface area (Å²) in [4.78, 5) is 52.4.